The van der Waals surface area contributed by atoms with Crippen LogP contribution in [-0.2, 0) is 10.0 Å². The van der Waals surface area contributed by atoms with Gasteiger partial charge in [-0.15, -0.1) is 0 Å². The van der Waals surface area contributed by atoms with Gasteiger partial charge in [-0.25, -0.2) is 13.6 Å². The van der Waals surface area contributed by atoms with Crippen molar-refractivity contribution in [3.63, 3.8) is 0 Å². The maximum absolute atomic E-state index is 11.2. The highest BCUT2D eigenvalue weighted by molar-refractivity contribution is 7.89. The number of nitrogens with zero attached hydrogens (tertiary/aromatic N) is 1. The lowest BCUT2D eigenvalue weighted by molar-refractivity contribution is 0.296. The Morgan fingerprint density at radius 3 is 2.60 bits per heavy atom. The number of aromatic nitrogens is 1. The molecule has 0 spiro atoms. The SMILES string of the molecule is Nc1cncc(S(N)(=O)=O)c1OC1CC1. The van der Waals surface area contributed by atoms with E-state index >= 15 is 0 Å². The molecule has 7 heteroatoms. The van der Waals surface area contributed by atoms with Crippen LogP contribution in [0.4, 0.5) is 5.69 Å². The maximum Gasteiger partial charge on any atom is 0.243 e. The molecular weight excluding hydrogens is 218 g/mol. The summed E-state index contributed by atoms with van der Waals surface area (Å²) in [5.41, 5.74) is 5.77. The van der Waals surface area contributed by atoms with Crippen LogP contribution in [0.25, 0.3) is 0 Å². The third-order valence-electron chi connectivity index (χ3n) is 2.01. The molecule has 82 valence electrons. The second-order valence-corrected chi connectivity index (χ2v) is 4.95. The lowest BCUT2D eigenvalue weighted by Gasteiger charge is -2.10. The van der Waals surface area contributed by atoms with Crippen LogP contribution in [-0.4, -0.2) is 19.5 Å². The summed E-state index contributed by atoms with van der Waals surface area (Å²) in [5, 5.41) is 5.02. The Morgan fingerprint density at radius 1 is 1.40 bits per heavy atom. The largest absolute Gasteiger partial charge is 0.487 e. The molecule has 1 aromatic rings. The van der Waals surface area contributed by atoms with Crippen molar-refractivity contribution in [2.75, 3.05) is 5.73 Å². The molecule has 1 fully saturated rings. The molecule has 0 bridgehead atoms. The van der Waals surface area contributed by atoms with E-state index in [-0.39, 0.29) is 22.4 Å². The number of primary sulfonamides is 1. The second-order valence-electron chi connectivity index (χ2n) is 3.42. The van der Waals surface area contributed by atoms with E-state index in [0.29, 0.717) is 0 Å². The Labute approximate surface area is 87.3 Å². The number of ether oxygens (including phenoxy) is 1. The van der Waals surface area contributed by atoms with Gasteiger partial charge in [0.05, 0.1) is 24.2 Å². The summed E-state index contributed by atoms with van der Waals surface area (Å²) < 4.78 is 27.8. The first-order chi connectivity index (χ1) is 6.98. The summed E-state index contributed by atoms with van der Waals surface area (Å²) in [6.07, 6.45) is 4.35. The van der Waals surface area contributed by atoms with E-state index in [1.165, 1.54) is 6.20 Å². The van der Waals surface area contributed by atoms with E-state index in [0.717, 1.165) is 19.0 Å². The molecule has 1 aliphatic carbocycles. The van der Waals surface area contributed by atoms with E-state index in [1.807, 2.05) is 0 Å². The van der Waals surface area contributed by atoms with Gasteiger partial charge in [0.1, 0.15) is 4.90 Å². The third-order valence-corrected chi connectivity index (χ3v) is 2.91. The number of pyridine rings is 1. The summed E-state index contributed by atoms with van der Waals surface area (Å²) in [6.45, 7) is 0. The Bertz CT molecular complexity index is 482. The lowest BCUT2D eigenvalue weighted by Crippen LogP contribution is -2.15. The van der Waals surface area contributed by atoms with Gasteiger partial charge in [0.15, 0.2) is 5.75 Å². The van der Waals surface area contributed by atoms with E-state index in [2.05, 4.69) is 4.98 Å². The van der Waals surface area contributed by atoms with Crippen LogP contribution in [0.1, 0.15) is 12.8 Å². The first-order valence-electron chi connectivity index (χ1n) is 4.41. The van der Waals surface area contributed by atoms with Crippen molar-refractivity contribution >= 4 is 15.7 Å². The summed E-state index contributed by atoms with van der Waals surface area (Å²) in [6, 6.07) is 0. The van der Waals surface area contributed by atoms with Crippen molar-refractivity contribution in [1.29, 1.82) is 0 Å². The molecule has 0 aromatic carbocycles. The normalized spacial score (nSPS) is 16.3. The average molecular weight is 229 g/mol. The molecule has 0 unspecified atom stereocenters. The topological polar surface area (TPSA) is 108 Å². The fraction of sp³-hybridized carbons (Fsp3) is 0.375. The smallest absolute Gasteiger partial charge is 0.243 e. The number of sulfonamides is 1. The second kappa shape index (κ2) is 3.35. The van der Waals surface area contributed by atoms with Crippen LogP contribution in [0.15, 0.2) is 17.3 Å². The zero-order chi connectivity index (χ0) is 11.1. The molecule has 2 rings (SSSR count). The molecule has 0 atom stereocenters. The Kier molecular flexibility index (Phi) is 2.28. The lowest BCUT2D eigenvalue weighted by atomic mass is 10.4. The third kappa shape index (κ3) is 2.18. The minimum absolute atomic E-state index is 0.0511. The minimum atomic E-state index is -3.84. The molecule has 1 heterocycles. The number of anilines is 1. The fourth-order valence-corrected chi connectivity index (χ4v) is 1.76. The molecular formula is C8H11N3O3S. The van der Waals surface area contributed by atoms with Gasteiger partial charge < -0.3 is 10.5 Å². The maximum atomic E-state index is 11.2. The Balaban J connectivity index is 2.47. The van der Waals surface area contributed by atoms with Crippen LogP contribution < -0.4 is 15.6 Å². The van der Waals surface area contributed by atoms with E-state index < -0.39 is 10.0 Å². The molecule has 6 nitrogen and oxygen atoms in total. The molecule has 1 aliphatic rings. The van der Waals surface area contributed by atoms with Crippen molar-refractivity contribution in [1.82, 2.24) is 4.98 Å². The van der Waals surface area contributed by atoms with Gasteiger partial charge in [-0.1, -0.05) is 0 Å². The zero-order valence-electron chi connectivity index (χ0n) is 7.88. The molecule has 0 saturated heterocycles. The average Bonchev–Trinajstić information content (AvgIpc) is 2.90. The summed E-state index contributed by atoms with van der Waals surface area (Å²) in [5.74, 6) is 0.120. The minimum Gasteiger partial charge on any atom is -0.487 e. The highest BCUT2D eigenvalue weighted by Gasteiger charge is 2.28. The highest BCUT2D eigenvalue weighted by atomic mass is 32.2. The summed E-state index contributed by atoms with van der Waals surface area (Å²) in [4.78, 5) is 3.52. The summed E-state index contributed by atoms with van der Waals surface area (Å²) >= 11 is 0. The van der Waals surface area contributed by atoms with Gasteiger partial charge in [-0.2, -0.15) is 0 Å². The molecule has 1 saturated carbocycles. The number of hydrogen-bond acceptors (Lipinski definition) is 5. The van der Waals surface area contributed by atoms with Crippen molar-refractivity contribution in [3.05, 3.63) is 12.4 Å². The molecule has 0 aliphatic heterocycles. The van der Waals surface area contributed by atoms with Crippen molar-refractivity contribution in [3.8, 4) is 5.75 Å². The molecule has 15 heavy (non-hydrogen) atoms. The Hall–Kier alpha value is -1.34. The number of nitrogens with two attached hydrogens (primary N) is 2. The standard InChI is InChI=1S/C8H11N3O3S/c9-6-3-11-4-7(15(10,12)13)8(6)14-5-1-2-5/h3-5H,1-2,9H2,(H2,10,12,13). The fourth-order valence-electron chi connectivity index (χ4n) is 1.13. The number of rotatable bonds is 3. The van der Waals surface area contributed by atoms with Crippen molar-refractivity contribution in [2.45, 2.75) is 23.8 Å². The first kappa shape index (κ1) is 10.2. The predicted molar refractivity (Wildman–Crippen MR) is 53.7 cm³/mol. The van der Waals surface area contributed by atoms with Gasteiger partial charge >= 0.3 is 0 Å². The Morgan fingerprint density at radius 2 is 2.07 bits per heavy atom. The summed E-state index contributed by atoms with van der Waals surface area (Å²) in [7, 11) is -3.84. The number of nitrogen functional groups attached to an aromatic ring is 1. The monoisotopic (exact) mass is 229 g/mol. The van der Waals surface area contributed by atoms with Gasteiger partial charge in [0, 0.05) is 0 Å². The van der Waals surface area contributed by atoms with E-state index in [9.17, 15) is 8.42 Å². The molecule has 0 amide bonds. The molecule has 0 radical (unpaired) electrons. The quantitative estimate of drug-likeness (QED) is 0.749. The predicted octanol–water partition coefficient (Wildman–Crippen LogP) is -0.148. The van der Waals surface area contributed by atoms with Gasteiger partial charge in [-0.3, -0.25) is 4.98 Å². The van der Waals surface area contributed by atoms with Gasteiger partial charge in [-0.05, 0) is 12.8 Å². The van der Waals surface area contributed by atoms with Crippen LogP contribution >= 0.6 is 0 Å². The first-order valence-corrected chi connectivity index (χ1v) is 5.96. The van der Waals surface area contributed by atoms with Crippen molar-refractivity contribution < 1.29 is 13.2 Å². The van der Waals surface area contributed by atoms with Crippen molar-refractivity contribution in [2.24, 2.45) is 5.14 Å². The van der Waals surface area contributed by atoms with Crippen LogP contribution in [0.5, 0.6) is 5.75 Å². The number of hydrogen-bond donors (Lipinski definition) is 2. The van der Waals surface area contributed by atoms with E-state index in [1.54, 1.807) is 0 Å². The van der Waals surface area contributed by atoms with Gasteiger partial charge in [0.2, 0.25) is 10.0 Å². The zero-order valence-corrected chi connectivity index (χ0v) is 8.70. The van der Waals surface area contributed by atoms with Gasteiger partial charge in [0.25, 0.3) is 0 Å². The van der Waals surface area contributed by atoms with Crippen LogP contribution in [0, 0.1) is 0 Å². The van der Waals surface area contributed by atoms with Crippen LogP contribution in [0.2, 0.25) is 0 Å². The molecule has 1 aromatic heterocycles. The highest BCUT2D eigenvalue weighted by Crippen LogP contribution is 2.34. The van der Waals surface area contributed by atoms with E-state index in [4.69, 9.17) is 15.6 Å². The molecule has 4 N–H and O–H groups in total. The van der Waals surface area contributed by atoms with Crippen LogP contribution in [0.3, 0.4) is 0 Å².